The van der Waals surface area contributed by atoms with Gasteiger partial charge in [-0.2, -0.15) is 13.2 Å². The molecule has 1 aromatic rings. The van der Waals surface area contributed by atoms with E-state index in [4.69, 9.17) is 6.42 Å². The maximum atomic E-state index is 12.7. The van der Waals surface area contributed by atoms with E-state index in [2.05, 4.69) is 5.92 Å². The predicted octanol–water partition coefficient (Wildman–Crippen LogP) is 3.58. The van der Waals surface area contributed by atoms with Crippen molar-refractivity contribution < 1.29 is 17.6 Å². The van der Waals surface area contributed by atoms with E-state index in [1.165, 1.54) is 6.92 Å². The van der Waals surface area contributed by atoms with Crippen molar-refractivity contribution in [2.75, 3.05) is 0 Å². The van der Waals surface area contributed by atoms with Crippen LogP contribution in [0.15, 0.2) is 18.2 Å². The second kappa shape index (κ2) is 3.93. The van der Waals surface area contributed by atoms with E-state index in [1.807, 2.05) is 0 Å². The number of hydrogen-bond acceptors (Lipinski definition) is 0. The monoisotopic (exact) mass is 216 g/mol. The van der Waals surface area contributed by atoms with Crippen molar-refractivity contribution in [3.05, 3.63) is 35.1 Å². The van der Waals surface area contributed by atoms with E-state index in [-0.39, 0.29) is 5.56 Å². The summed E-state index contributed by atoms with van der Waals surface area (Å²) in [4.78, 5) is 0. The Morgan fingerprint density at radius 2 is 1.93 bits per heavy atom. The highest BCUT2D eigenvalue weighted by atomic mass is 19.4. The number of alkyl halides is 3. The molecule has 0 radical (unpaired) electrons. The largest absolute Gasteiger partial charge is 0.416 e. The fourth-order valence-corrected chi connectivity index (χ4v) is 1.24. The third kappa shape index (κ3) is 2.50. The topological polar surface area (TPSA) is 0 Å². The fraction of sp³-hybridized carbons (Fsp3) is 0.273. The molecule has 0 heterocycles. The molecule has 1 aromatic carbocycles. The number of benzene rings is 1. The molecular formula is C11H8F4. The number of halogens is 4. The van der Waals surface area contributed by atoms with Crippen LogP contribution in [-0.2, 0) is 6.18 Å². The molecule has 0 fully saturated rings. The first kappa shape index (κ1) is 11.6. The lowest BCUT2D eigenvalue weighted by atomic mass is 9.96. The van der Waals surface area contributed by atoms with Crippen LogP contribution < -0.4 is 0 Å². The van der Waals surface area contributed by atoms with Crippen molar-refractivity contribution in [3.8, 4) is 12.3 Å². The molecule has 0 aliphatic carbocycles. The summed E-state index contributed by atoms with van der Waals surface area (Å²) in [5.41, 5.74) is -1.08. The van der Waals surface area contributed by atoms with E-state index in [0.29, 0.717) is 6.07 Å². The van der Waals surface area contributed by atoms with Gasteiger partial charge in [0.2, 0.25) is 0 Å². The van der Waals surface area contributed by atoms with Gasteiger partial charge in [-0.3, -0.25) is 0 Å². The summed E-state index contributed by atoms with van der Waals surface area (Å²) < 4.78 is 50.2. The molecule has 0 amide bonds. The second-order valence-electron chi connectivity index (χ2n) is 3.12. The Morgan fingerprint density at radius 3 is 2.40 bits per heavy atom. The van der Waals surface area contributed by atoms with Crippen molar-refractivity contribution in [2.24, 2.45) is 0 Å². The molecule has 0 saturated carbocycles. The normalized spacial score (nSPS) is 13.3. The van der Waals surface area contributed by atoms with E-state index in [9.17, 15) is 17.6 Å². The Bertz CT molecular complexity index is 398. The van der Waals surface area contributed by atoms with E-state index < -0.39 is 23.5 Å². The molecule has 1 unspecified atom stereocenters. The Balaban J connectivity index is 3.35. The Labute approximate surface area is 84.9 Å². The molecule has 0 aromatic heterocycles. The zero-order valence-corrected chi connectivity index (χ0v) is 7.90. The Morgan fingerprint density at radius 1 is 1.33 bits per heavy atom. The zero-order chi connectivity index (χ0) is 11.6. The van der Waals surface area contributed by atoms with Crippen molar-refractivity contribution in [1.82, 2.24) is 0 Å². The van der Waals surface area contributed by atoms with Gasteiger partial charge in [0.15, 0.2) is 0 Å². The van der Waals surface area contributed by atoms with Gasteiger partial charge < -0.3 is 0 Å². The number of rotatable bonds is 1. The van der Waals surface area contributed by atoms with Crippen LogP contribution in [0.5, 0.6) is 0 Å². The summed E-state index contributed by atoms with van der Waals surface area (Å²) in [7, 11) is 0. The molecule has 0 aliphatic heterocycles. The smallest absolute Gasteiger partial charge is 0.207 e. The van der Waals surface area contributed by atoms with Gasteiger partial charge >= 0.3 is 6.18 Å². The summed E-state index contributed by atoms with van der Waals surface area (Å²) in [6, 6.07) is 2.50. The van der Waals surface area contributed by atoms with Crippen molar-refractivity contribution in [3.63, 3.8) is 0 Å². The molecular weight excluding hydrogens is 208 g/mol. The van der Waals surface area contributed by atoms with Gasteiger partial charge in [-0.25, -0.2) is 4.39 Å². The average Bonchev–Trinajstić information content (AvgIpc) is 2.15. The minimum absolute atomic E-state index is 0.0774. The van der Waals surface area contributed by atoms with Crippen molar-refractivity contribution in [1.29, 1.82) is 0 Å². The summed E-state index contributed by atoms with van der Waals surface area (Å²) in [5.74, 6) is 0.577. The van der Waals surface area contributed by atoms with Gasteiger partial charge in [0.25, 0.3) is 0 Å². The van der Waals surface area contributed by atoms with Crippen LogP contribution in [-0.4, -0.2) is 0 Å². The van der Waals surface area contributed by atoms with Gasteiger partial charge in [0.05, 0.1) is 5.56 Å². The van der Waals surface area contributed by atoms with Gasteiger partial charge in [0, 0.05) is 5.92 Å². The molecule has 0 saturated heterocycles. The predicted molar refractivity (Wildman–Crippen MR) is 48.7 cm³/mol. The molecule has 0 N–H and O–H groups in total. The maximum Gasteiger partial charge on any atom is 0.416 e. The lowest BCUT2D eigenvalue weighted by molar-refractivity contribution is -0.138. The standard InChI is InChI=1S/C11H8F4/c1-3-7(2)9-5-4-8(12)6-10(9)11(13,14)15/h1,4-7H,2H3. The van der Waals surface area contributed by atoms with Crippen LogP contribution in [0.3, 0.4) is 0 Å². The van der Waals surface area contributed by atoms with Crippen LogP contribution in [0.4, 0.5) is 17.6 Å². The van der Waals surface area contributed by atoms with Crippen LogP contribution in [0.1, 0.15) is 24.0 Å². The first-order valence-corrected chi connectivity index (χ1v) is 4.19. The zero-order valence-electron chi connectivity index (χ0n) is 7.90. The molecule has 1 rings (SSSR count). The highest BCUT2D eigenvalue weighted by molar-refractivity contribution is 5.36. The Hall–Kier alpha value is -1.50. The molecule has 1 atom stereocenters. The third-order valence-electron chi connectivity index (χ3n) is 2.04. The average molecular weight is 216 g/mol. The minimum atomic E-state index is -4.58. The second-order valence-corrected chi connectivity index (χ2v) is 3.12. The number of terminal acetylenes is 1. The van der Waals surface area contributed by atoms with Crippen molar-refractivity contribution in [2.45, 2.75) is 19.0 Å². The van der Waals surface area contributed by atoms with Gasteiger partial charge in [-0.1, -0.05) is 12.0 Å². The molecule has 4 heteroatoms. The first-order valence-electron chi connectivity index (χ1n) is 4.19. The van der Waals surface area contributed by atoms with Crippen LogP contribution >= 0.6 is 0 Å². The van der Waals surface area contributed by atoms with Gasteiger partial charge in [0.1, 0.15) is 5.82 Å². The van der Waals surface area contributed by atoms with Gasteiger partial charge in [-0.05, 0) is 24.6 Å². The van der Waals surface area contributed by atoms with Crippen LogP contribution in [0.25, 0.3) is 0 Å². The third-order valence-corrected chi connectivity index (χ3v) is 2.04. The molecule has 0 bridgehead atoms. The highest BCUT2D eigenvalue weighted by Crippen LogP contribution is 2.35. The minimum Gasteiger partial charge on any atom is -0.207 e. The molecule has 0 spiro atoms. The van der Waals surface area contributed by atoms with Gasteiger partial charge in [-0.15, -0.1) is 6.42 Å². The van der Waals surface area contributed by atoms with Crippen molar-refractivity contribution >= 4 is 0 Å². The van der Waals surface area contributed by atoms with Crippen LogP contribution in [0.2, 0.25) is 0 Å². The lowest BCUT2D eigenvalue weighted by Crippen LogP contribution is -2.11. The highest BCUT2D eigenvalue weighted by Gasteiger charge is 2.34. The molecule has 15 heavy (non-hydrogen) atoms. The lowest BCUT2D eigenvalue weighted by Gasteiger charge is -2.14. The quantitative estimate of drug-likeness (QED) is 0.497. The molecule has 0 aliphatic rings. The SMILES string of the molecule is C#CC(C)c1ccc(F)cc1C(F)(F)F. The Kier molecular flexibility index (Phi) is 3.04. The van der Waals surface area contributed by atoms with E-state index in [1.54, 1.807) is 0 Å². The summed E-state index contributed by atoms with van der Waals surface area (Å²) in [5, 5.41) is 0. The summed E-state index contributed by atoms with van der Waals surface area (Å²) in [6.07, 6.45) is 0.462. The van der Waals surface area contributed by atoms with Crippen LogP contribution in [0, 0.1) is 18.2 Å². The van der Waals surface area contributed by atoms with E-state index >= 15 is 0 Å². The number of hydrogen-bond donors (Lipinski definition) is 0. The molecule has 80 valence electrons. The summed E-state index contributed by atoms with van der Waals surface area (Å²) in [6.45, 7) is 1.46. The fourth-order valence-electron chi connectivity index (χ4n) is 1.24. The summed E-state index contributed by atoms with van der Waals surface area (Å²) >= 11 is 0. The maximum absolute atomic E-state index is 12.7. The molecule has 0 nitrogen and oxygen atoms in total. The first-order chi connectivity index (χ1) is 6.86. The van der Waals surface area contributed by atoms with E-state index in [0.717, 1.165) is 12.1 Å².